The minimum absolute atomic E-state index is 0.0263. The highest BCUT2D eigenvalue weighted by molar-refractivity contribution is 5.90. The van der Waals surface area contributed by atoms with Gasteiger partial charge in [-0.25, -0.2) is 4.79 Å². The highest BCUT2D eigenvalue weighted by Gasteiger charge is 2.15. The number of esters is 1. The molecule has 0 spiro atoms. The molecular formula is C17H15NO4. The van der Waals surface area contributed by atoms with Crippen LogP contribution >= 0.6 is 0 Å². The molecule has 0 fully saturated rings. The first-order chi connectivity index (χ1) is 10.6. The Hall–Kier alpha value is -2.95. The molecule has 2 rings (SSSR count). The normalized spacial score (nSPS) is 11.0. The number of benzene rings is 2. The van der Waals surface area contributed by atoms with Crippen LogP contribution in [0.1, 0.15) is 28.4 Å². The fourth-order valence-electron chi connectivity index (χ4n) is 1.94. The third-order valence-corrected chi connectivity index (χ3v) is 2.99. The molecule has 0 heterocycles. The molecule has 22 heavy (non-hydrogen) atoms. The summed E-state index contributed by atoms with van der Waals surface area (Å²) in [5.41, 5.74) is 1.51. The van der Waals surface area contributed by atoms with E-state index in [1.807, 2.05) is 18.2 Å². The van der Waals surface area contributed by atoms with Gasteiger partial charge in [0.25, 0.3) is 5.70 Å². The van der Waals surface area contributed by atoms with Crippen LogP contribution in [0.25, 0.3) is 11.8 Å². The molecule has 5 heteroatoms. The van der Waals surface area contributed by atoms with Gasteiger partial charge in [-0.1, -0.05) is 30.3 Å². The molecule has 0 amide bonds. The summed E-state index contributed by atoms with van der Waals surface area (Å²) in [4.78, 5) is 22.4. The number of ether oxygens (including phenoxy) is 1. The van der Waals surface area contributed by atoms with E-state index in [0.29, 0.717) is 11.1 Å². The van der Waals surface area contributed by atoms with Crippen LogP contribution in [0.3, 0.4) is 0 Å². The lowest BCUT2D eigenvalue weighted by molar-refractivity contribution is -0.374. The van der Waals surface area contributed by atoms with Gasteiger partial charge < -0.3 is 4.74 Å². The summed E-state index contributed by atoms with van der Waals surface area (Å²) in [7, 11) is 0. The molecule has 0 aliphatic rings. The van der Waals surface area contributed by atoms with E-state index in [1.165, 1.54) is 18.2 Å². The minimum Gasteiger partial charge on any atom is -0.462 e. The summed E-state index contributed by atoms with van der Waals surface area (Å²) in [6.07, 6.45) is 1.50. The van der Waals surface area contributed by atoms with Crippen molar-refractivity contribution in [2.45, 2.75) is 6.92 Å². The third kappa shape index (κ3) is 3.79. The number of rotatable bonds is 5. The van der Waals surface area contributed by atoms with E-state index in [9.17, 15) is 14.9 Å². The molecule has 0 atom stereocenters. The van der Waals surface area contributed by atoms with Crippen LogP contribution in [0.15, 0.2) is 54.6 Å². The summed E-state index contributed by atoms with van der Waals surface area (Å²) < 4.78 is 4.88. The lowest BCUT2D eigenvalue weighted by Gasteiger charge is -2.03. The largest absolute Gasteiger partial charge is 0.462 e. The van der Waals surface area contributed by atoms with Gasteiger partial charge in [0.15, 0.2) is 0 Å². The summed E-state index contributed by atoms with van der Waals surface area (Å²) in [6.45, 7) is 2.01. The highest BCUT2D eigenvalue weighted by atomic mass is 16.6. The molecule has 0 aliphatic carbocycles. The van der Waals surface area contributed by atoms with Gasteiger partial charge >= 0.3 is 5.97 Å². The number of nitro groups is 1. The summed E-state index contributed by atoms with van der Waals surface area (Å²) >= 11 is 0. The molecule has 0 aliphatic heterocycles. The van der Waals surface area contributed by atoms with Crippen molar-refractivity contribution in [3.63, 3.8) is 0 Å². The summed E-state index contributed by atoms with van der Waals surface area (Å²) in [6, 6.07) is 15.2. The van der Waals surface area contributed by atoms with Gasteiger partial charge in [0, 0.05) is 6.08 Å². The first-order valence-electron chi connectivity index (χ1n) is 6.80. The average molecular weight is 297 g/mol. The Morgan fingerprint density at radius 3 is 2.23 bits per heavy atom. The fraction of sp³-hybridized carbons (Fsp3) is 0.118. The van der Waals surface area contributed by atoms with Crippen molar-refractivity contribution < 1.29 is 14.5 Å². The number of hydrogen-bond acceptors (Lipinski definition) is 4. The molecule has 0 unspecified atom stereocenters. The quantitative estimate of drug-likeness (QED) is 0.365. The van der Waals surface area contributed by atoms with E-state index in [1.54, 1.807) is 31.2 Å². The SMILES string of the molecule is CCOC(=O)c1ccc(/C(=C\c2ccccc2)[N+](=O)[O-])cc1. The number of nitrogens with zero attached hydrogens (tertiary/aromatic N) is 1. The molecule has 5 nitrogen and oxygen atoms in total. The zero-order chi connectivity index (χ0) is 15.9. The number of hydrogen-bond donors (Lipinski definition) is 0. The summed E-state index contributed by atoms with van der Waals surface area (Å²) in [5, 5.41) is 11.3. The second-order valence-electron chi connectivity index (χ2n) is 4.50. The maximum Gasteiger partial charge on any atom is 0.338 e. The Labute approximate surface area is 128 Å². The van der Waals surface area contributed by atoms with Crippen LogP contribution in [-0.4, -0.2) is 17.5 Å². The van der Waals surface area contributed by atoms with Crippen molar-refractivity contribution >= 4 is 17.7 Å². The van der Waals surface area contributed by atoms with Gasteiger partial charge in [-0.2, -0.15) is 0 Å². The fourth-order valence-corrected chi connectivity index (χ4v) is 1.94. The Morgan fingerprint density at radius 2 is 1.68 bits per heavy atom. The molecule has 2 aromatic carbocycles. The second-order valence-corrected chi connectivity index (χ2v) is 4.50. The molecule has 2 aromatic rings. The third-order valence-electron chi connectivity index (χ3n) is 2.99. The maximum absolute atomic E-state index is 11.6. The second kappa shape index (κ2) is 7.17. The van der Waals surface area contributed by atoms with Crippen LogP contribution in [-0.2, 0) is 4.74 Å². The van der Waals surface area contributed by atoms with Crippen LogP contribution in [0.2, 0.25) is 0 Å². The Kier molecular flexibility index (Phi) is 5.03. The van der Waals surface area contributed by atoms with Crippen LogP contribution in [0.5, 0.6) is 0 Å². The van der Waals surface area contributed by atoms with Crippen molar-refractivity contribution in [2.24, 2.45) is 0 Å². The van der Waals surface area contributed by atoms with E-state index in [4.69, 9.17) is 4.74 Å². The Morgan fingerprint density at radius 1 is 1.09 bits per heavy atom. The lowest BCUT2D eigenvalue weighted by atomic mass is 10.1. The first kappa shape index (κ1) is 15.4. The van der Waals surface area contributed by atoms with Gasteiger partial charge in [0.05, 0.1) is 22.7 Å². The molecule has 0 aromatic heterocycles. The Bertz CT molecular complexity index is 690. The minimum atomic E-state index is -0.441. The van der Waals surface area contributed by atoms with Crippen molar-refractivity contribution in [1.82, 2.24) is 0 Å². The molecule has 0 radical (unpaired) electrons. The molecule has 0 N–H and O–H groups in total. The van der Waals surface area contributed by atoms with Gasteiger partial charge in [0.1, 0.15) is 0 Å². The zero-order valence-corrected chi connectivity index (χ0v) is 12.1. The van der Waals surface area contributed by atoms with Crippen molar-refractivity contribution in [1.29, 1.82) is 0 Å². The zero-order valence-electron chi connectivity index (χ0n) is 12.1. The van der Waals surface area contributed by atoms with Gasteiger partial charge in [-0.05, 0) is 36.8 Å². The van der Waals surface area contributed by atoms with Crippen LogP contribution < -0.4 is 0 Å². The average Bonchev–Trinajstić information content (AvgIpc) is 2.54. The van der Waals surface area contributed by atoms with E-state index in [0.717, 1.165) is 5.56 Å². The topological polar surface area (TPSA) is 69.4 Å². The molecular weight excluding hydrogens is 282 g/mol. The van der Waals surface area contributed by atoms with Crippen LogP contribution in [0, 0.1) is 10.1 Å². The van der Waals surface area contributed by atoms with Gasteiger partial charge in [0.2, 0.25) is 0 Å². The van der Waals surface area contributed by atoms with Gasteiger partial charge in [-0.15, -0.1) is 0 Å². The number of carbonyl (C=O) groups excluding carboxylic acids is 1. The Balaban J connectivity index is 2.32. The van der Waals surface area contributed by atoms with Crippen molar-refractivity contribution in [3.8, 4) is 0 Å². The molecule has 0 saturated carbocycles. The predicted octanol–water partition coefficient (Wildman–Crippen LogP) is 3.64. The standard InChI is InChI=1S/C17H15NO4/c1-2-22-17(19)15-10-8-14(9-11-15)16(18(20)21)12-13-6-4-3-5-7-13/h3-12H,2H2,1H3/b16-12+. The lowest BCUT2D eigenvalue weighted by Crippen LogP contribution is -2.05. The molecule has 0 saturated heterocycles. The molecule has 112 valence electrons. The first-order valence-corrected chi connectivity index (χ1v) is 6.80. The highest BCUT2D eigenvalue weighted by Crippen LogP contribution is 2.19. The monoisotopic (exact) mass is 297 g/mol. The maximum atomic E-state index is 11.6. The van der Waals surface area contributed by atoms with E-state index in [2.05, 4.69) is 0 Å². The smallest absolute Gasteiger partial charge is 0.338 e. The summed E-state index contributed by atoms with van der Waals surface area (Å²) in [5.74, 6) is -0.441. The van der Waals surface area contributed by atoms with Crippen LogP contribution in [0.4, 0.5) is 0 Å². The van der Waals surface area contributed by atoms with Crippen molar-refractivity contribution in [2.75, 3.05) is 6.61 Å². The van der Waals surface area contributed by atoms with Gasteiger partial charge in [-0.3, -0.25) is 10.1 Å². The number of carbonyl (C=O) groups is 1. The van der Waals surface area contributed by atoms with E-state index < -0.39 is 10.9 Å². The van der Waals surface area contributed by atoms with Crippen molar-refractivity contribution in [3.05, 3.63) is 81.4 Å². The predicted molar refractivity (Wildman–Crippen MR) is 83.7 cm³/mol. The van der Waals surface area contributed by atoms with E-state index in [-0.39, 0.29) is 12.3 Å². The van der Waals surface area contributed by atoms with E-state index >= 15 is 0 Å². The molecule has 0 bridgehead atoms.